The maximum absolute atomic E-state index is 13.1. The van der Waals surface area contributed by atoms with Gasteiger partial charge in [-0.2, -0.15) is 0 Å². The molecule has 0 aromatic heterocycles. The molecule has 0 bridgehead atoms. The van der Waals surface area contributed by atoms with Crippen molar-refractivity contribution in [2.45, 2.75) is 438 Å². The molecule has 0 aromatic carbocycles. The summed E-state index contributed by atoms with van der Waals surface area (Å²) in [6, 6.07) is 0. The van der Waals surface area contributed by atoms with Crippen molar-refractivity contribution in [1.82, 2.24) is 0 Å². The zero-order valence-corrected chi connectivity index (χ0v) is 64.8. The highest BCUT2D eigenvalue weighted by Crippen LogP contribution is 2.45. The molecule has 17 nitrogen and oxygen atoms in total. The van der Waals surface area contributed by atoms with Crippen LogP contribution in [0, 0.1) is 0 Å². The Balaban J connectivity index is 5.24. The molecule has 0 fully saturated rings. The first-order valence-electron chi connectivity index (χ1n) is 40.8. The maximum Gasteiger partial charge on any atom is 0.472 e. The summed E-state index contributed by atoms with van der Waals surface area (Å²) in [6.07, 6.45) is 63.6. The summed E-state index contributed by atoms with van der Waals surface area (Å²) in [4.78, 5) is 72.9. The molecular formula is C78H152O17P2. The lowest BCUT2D eigenvalue weighted by Gasteiger charge is -2.21. The summed E-state index contributed by atoms with van der Waals surface area (Å²) >= 11 is 0. The van der Waals surface area contributed by atoms with Gasteiger partial charge >= 0.3 is 39.5 Å². The van der Waals surface area contributed by atoms with Gasteiger partial charge in [0.1, 0.15) is 19.3 Å². The fraction of sp³-hybridized carbons (Fsp3) is 0.949. The molecule has 0 radical (unpaired) electrons. The van der Waals surface area contributed by atoms with Gasteiger partial charge in [-0.25, -0.2) is 9.13 Å². The van der Waals surface area contributed by atoms with Gasteiger partial charge in [-0.05, 0) is 25.7 Å². The van der Waals surface area contributed by atoms with Crippen LogP contribution in [0.1, 0.15) is 419 Å². The number of carbonyl (C=O) groups excluding carboxylic acids is 4. The second-order valence-electron chi connectivity index (χ2n) is 28.1. The molecule has 0 aliphatic rings. The lowest BCUT2D eigenvalue weighted by Crippen LogP contribution is -2.30. The largest absolute Gasteiger partial charge is 0.472 e. The van der Waals surface area contributed by atoms with E-state index < -0.39 is 97.5 Å². The summed E-state index contributed by atoms with van der Waals surface area (Å²) < 4.78 is 68.6. The first kappa shape index (κ1) is 95.1. The Bertz CT molecular complexity index is 1840. The van der Waals surface area contributed by atoms with E-state index in [1.54, 1.807) is 0 Å². The second kappa shape index (κ2) is 72.4. The van der Waals surface area contributed by atoms with Crippen LogP contribution in [0.5, 0.6) is 0 Å². The van der Waals surface area contributed by atoms with Gasteiger partial charge in [0.25, 0.3) is 0 Å². The Morgan fingerprint density at radius 2 is 0.412 bits per heavy atom. The maximum atomic E-state index is 13.1. The number of hydrogen-bond donors (Lipinski definition) is 3. The average molecular weight is 1420 g/mol. The number of unbranched alkanes of at least 4 members (excludes halogenated alkanes) is 53. The third-order valence-corrected chi connectivity index (χ3v) is 20.3. The molecule has 0 aromatic rings. The highest BCUT2D eigenvalue weighted by molar-refractivity contribution is 7.47. The molecule has 0 heterocycles. The Hall–Kier alpha value is -1.94. The third kappa shape index (κ3) is 72.2. The molecule has 0 rings (SSSR count). The zero-order valence-electron chi connectivity index (χ0n) is 63.1. The number of phosphoric acid groups is 2. The highest BCUT2D eigenvalue weighted by atomic mass is 31.2. The molecule has 0 aliphatic carbocycles. The molecule has 97 heavy (non-hydrogen) atoms. The number of phosphoric ester groups is 2. The van der Waals surface area contributed by atoms with Crippen LogP contribution >= 0.6 is 15.6 Å². The molecule has 0 saturated carbocycles. The van der Waals surface area contributed by atoms with E-state index in [0.29, 0.717) is 25.7 Å². The summed E-state index contributed by atoms with van der Waals surface area (Å²) in [5.41, 5.74) is 0. The van der Waals surface area contributed by atoms with Crippen LogP contribution in [0.15, 0.2) is 0 Å². The molecule has 2 unspecified atom stereocenters. The molecule has 0 amide bonds. The van der Waals surface area contributed by atoms with E-state index in [1.807, 2.05) is 0 Å². The minimum Gasteiger partial charge on any atom is -0.462 e. The van der Waals surface area contributed by atoms with E-state index in [9.17, 15) is 43.2 Å². The van der Waals surface area contributed by atoms with Gasteiger partial charge in [-0.3, -0.25) is 37.3 Å². The van der Waals surface area contributed by atoms with Gasteiger partial charge in [-0.1, -0.05) is 368 Å². The molecule has 576 valence electrons. The Kier molecular flexibility index (Phi) is 71.0. The third-order valence-electron chi connectivity index (χ3n) is 18.4. The summed E-state index contributed by atoms with van der Waals surface area (Å²) in [7, 11) is -9.91. The van der Waals surface area contributed by atoms with E-state index in [2.05, 4.69) is 27.7 Å². The Morgan fingerprint density at radius 1 is 0.247 bits per heavy atom. The van der Waals surface area contributed by atoms with E-state index in [1.165, 1.54) is 250 Å². The van der Waals surface area contributed by atoms with Crippen molar-refractivity contribution in [1.29, 1.82) is 0 Å². The topological polar surface area (TPSA) is 237 Å². The first-order chi connectivity index (χ1) is 47.2. The van der Waals surface area contributed by atoms with Crippen LogP contribution in [-0.4, -0.2) is 96.7 Å². The quantitative estimate of drug-likeness (QED) is 0.0222. The lowest BCUT2D eigenvalue weighted by atomic mass is 10.0. The van der Waals surface area contributed by atoms with Crippen LogP contribution < -0.4 is 0 Å². The molecule has 0 spiro atoms. The Morgan fingerprint density at radius 3 is 0.608 bits per heavy atom. The number of hydrogen-bond acceptors (Lipinski definition) is 15. The van der Waals surface area contributed by atoms with Crippen molar-refractivity contribution < 1.29 is 80.2 Å². The molecule has 0 aliphatic heterocycles. The zero-order chi connectivity index (χ0) is 71.1. The van der Waals surface area contributed by atoms with Crippen LogP contribution in [0.2, 0.25) is 0 Å². The molecule has 19 heteroatoms. The van der Waals surface area contributed by atoms with E-state index >= 15 is 0 Å². The van der Waals surface area contributed by atoms with Crippen molar-refractivity contribution in [3.63, 3.8) is 0 Å². The molecule has 3 N–H and O–H groups in total. The normalized spacial score (nSPS) is 13.8. The number of esters is 4. The van der Waals surface area contributed by atoms with E-state index in [4.69, 9.17) is 37.0 Å². The highest BCUT2D eigenvalue weighted by Gasteiger charge is 2.30. The Labute approximate surface area is 594 Å². The fourth-order valence-corrected chi connectivity index (χ4v) is 13.7. The molecular weight excluding hydrogens is 1270 g/mol. The smallest absolute Gasteiger partial charge is 0.462 e. The van der Waals surface area contributed by atoms with Crippen LogP contribution in [0.3, 0.4) is 0 Å². The number of ether oxygens (including phenoxy) is 4. The predicted octanol–water partition coefficient (Wildman–Crippen LogP) is 23.4. The molecule has 5 atom stereocenters. The van der Waals surface area contributed by atoms with E-state index in [0.717, 1.165) is 89.9 Å². The van der Waals surface area contributed by atoms with Gasteiger partial charge < -0.3 is 33.8 Å². The summed E-state index contributed by atoms with van der Waals surface area (Å²) in [5, 5.41) is 10.6. The SMILES string of the molecule is CCCCCCCCCCCCCCCCCCC(=O)OC[C@H](COP(=O)(O)OC[C@@H](O)COP(=O)(O)OC[C@@H](COC(=O)CCCCCCCCCCCC)OC(=O)CCCCCCCCCCCCCCCCC)OC(=O)CCCCCCCCCCCCCCCCCC. The number of aliphatic hydroxyl groups is 1. The first-order valence-corrected chi connectivity index (χ1v) is 43.8. The lowest BCUT2D eigenvalue weighted by molar-refractivity contribution is -0.161. The van der Waals surface area contributed by atoms with Gasteiger partial charge in [-0.15, -0.1) is 0 Å². The second-order valence-corrected chi connectivity index (χ2v) is 31.0. The number of aliphatic hydroxyl groups excluding tert-OH is 1. The van der Waals surface area contributed by atoms with Crippen molar-refractivity contribution in [2.24, 2.45) is 0 Å². The fourth-order valence-electron chi connectivity index (χ4n) is 12.1. The predicted molar refractivity (Wildman–Crippen MR) is 395 cm³/mol. The van der Waals surface area contributed by atoms with Crippen molar-refractivity contribution in [3.8, 4) is 0 Å². The van der Waals surface area contributed by atoms with Crippen LogP contribution in [-0.2, 0) is 65.4 Å². The summed E-state index contributed by atoms with van der Waals surface area (Å²) in [6.45, 7) is 5.01. The van der Waals surface area contributed by atoms with Gasteiger partial charge in [0, 0.05) is 25.7 Å². The number of rotatable bonds is 79. The standard InChI is InChI=1S/C78H152O17P2/c1-5-9-13-17-21-25-29-32-35-38-40-43-47-51-55-59-63-76(81)89-69-74(95-78(83)65-61-57-53-49-45-42-39-36-33-30-26-22-18-14-10-6-2)71-93-97(86,87)91-67-72(79)66-90-96(84,85)92-70-73(68-88-75(80)62-58-54-50-46-28-24-20-16-12-8-4)94-77(82)64-60-56-52-48-44-41-37-34-31-27-23-19-15-11-7-3/h72-74,79H,5-71H2,1-4H3,(H,84,85)(H,86,87)/t72-,73+,74+/m0/s1. The van der Waals surface area contributed by atoms with Crippen molar-refractivity contribution in [3.05, 3.63) is 0 Å². The molecule has 0 saturated heterocycles. The monoisotopic (exact) mass is 1420 g/mol. The van der Waals surface area contributed by atoms with Gasteiger partial charge in [0.05, 0.1) is 26.4 Å². The van der Waals surface area contributed by atoms with Gasteiger partial charge in [0.15, 0.2) is 12.2 Å². The number of carbonyl (C=O) groups is 4. The summed E-state index contributed by atoms with van der Waals surface area (Å²) in [5.74, 6) is -2.11. The van der Waals surface area contributed by atoms with Crippen LogP contribution in [0.4, 0.5) is 0 Å². The van der Waals surface area contributed by atoms with Crippen molar-refractivity contribution >= 4 is 39.5 Å². The minimum absolute atomic E-state index is 0.109. The van der Waals surface area contributed by atoms with Crippen molar-refractivity contribution in [2.75, 3.05) is 39.6 Å². The van der Waals surface area contributed by atoms with Crippen LogP contribution in [0.25, 0.3) is 0 Å². The minimum atomic E-state index is -4.96. The average Bonchev–Trinajstić information content (AvgIpc) is 2.10. The van der Waals surface area contributed by atoms with E-state index in [-0.39, 0.29) is 25.7 Å². The van der Waals surface area contributed by atoms with Gasteiger partial charge in [0.2, 0.25) is 0 Å².